The molecule has 1 aromatic carbocycles. The molecule has 120 valence electrons. The number of hydrogen-bond donors (Lipinski definition) is 2. The molecule has 5 rings (SSSR count). The Bertz CT molecular complexity index is 729. The highest BCUT2D eigenvalue weighted by Gasteiger charge is 2.62. The molecule has 0 aliphatic heterocycles. The van der Waals surface area contributed by atoms with Crippen LogP contribution < -0.4 is 5.32 Å². The van der Waals surface area contributed by atoms with Crippen molar-refractivity contribution < 1.29 is 14.7 Å². The number of carbonyl (C=O) groups excluding carboxylic acids is 1. The molecule has 0 radical (unpaired) electrons. The van der Waals surface area contributed by atoms with Gasteiger partial charge >= 0.3 is 5.97 Å². The van der Waals surface area contributed by atoms with Crippen molar-refractivity contribution >= 4 is 29.2 Å². The average Bonchev–Trinajstić information content (AvgIpc) is 3.32. The molecule has 1 aromatic rings. The zero-order chi connectivity index (χ0) is 16.3. The maximum Gasteiger partial charge on any atom is 0.307 e. The predicted molar refractivity (Wildman–Crippen MR) is 87.2 cm³/mol. The lowest BCUT2D eigenvalue weighted by molar-refractivity contribution is -0.152. The lowest BCUT2D eigenvalue weighted by atomic mass is 9.62. The molecule has 2 fully saturated rings. The van der Waals surface area contributed by atoms with Crippen molar-refractivity contribution in [2.45, 2.75) is 13.3 Å². The van der Waals surface area contributed by atoms with E-state index in [1.54, 1.807) is 12.1 Å². The summed E-state index contributed by atoms with van der Waals surface area (Å²) in [5.41, 5.74) is 1.56. The number of allylic oxidation sites excluding steroid dienone is 2. The fourth-order valence-electron chi connectivity index (χ4n) is 4.47. The van der Waals surface area contributed by atoms with E-state index in [4.69, 9.17) is 11.6 Å². The lowest BCUT2D eigenvalue weighted by Gasteiger charge is -2.41. The zero-order valence-corrected chi connectivity index (χ0v) is 13.5. The molecule has 0 spiro atoms. The largest absolute Gasteiger partial charge is 0.481 e. The van der Waals surface area contributed by atoms with Crippen molar-refractivity contribution in [2.24, 2.45) is 35.5 Å². The number of anilines is 1. The molecule has 2 bridgehead atoms. The van der Waals surface area contributed by atoms with Gasteiger partial charge in [-0.3, -0.25) is 9.59 Å². The Morgan fingerprint density at radius 1 is 1.17 bits per heavy atom. The predicted octanol–water partition coefficient (Wildman–Crippen LogP) is 3.36. The minimum absolute atomic E-state index is 0.000134. The highest BCUT2D eigenvalue weighted by molar-refractivity contribution is 6.31. The van der Waals surface area contributed by atoms with E-state index in [0.29, 0.717) is 22.5 Å². The standard InChI is InChI=1S/C18H18ClNO3/c1-8-2-3-9(6-14(8)19)20-17(21)15-10-4-5-11(13-7-12(10)13)16(15)18(22)23/h2-6,10-13,15-16H,7H2,1H3,(H,20,21)(H,22,23)/t10-,11-,12+,13-,15+,16-/m0/s1. The summed E-state index contributed by atoms with van der Waals surface area (Å²) in [6.45, 7) is 1.90. The summed E-state index contributed by atoms with van der Waals surface area (Å²) >= 11 is 6.10. The molecule has 6 atom stereocenters. The minimum Gasteiger partial charge on any atom is -0.481 e. The smallest absolute Gasteiger partial charge is 0.307 e. The van der Waals surface area contributed by atoms with Crippen LogP contribution in [-0.2, 0) is 9.59 Å². The summed E-state index contributed by atoms with van der Waals surface area (Å²) in [6, 6.07) is 5.35. The van der Waals surface area contributed by atoms with Crippen molar-refractivity contribution in [1.29, 1.82) is 0 Å². The van der Waals surface area contributed by atoms with Crippen molar-refractivity contribution in [3.05, 3.63) is 40.9 Å². The quantitative estimate of drug-likeness (QED) is 0.835. The molecule has 0 unspecified atom stereocenters. The van der Waals surface area contributed by atoms with Gasteiger partial charge in [0.1, 0.15) is 0 Å². The Morgan fingerprint density at radius 2 is 1.83 bits per heavy atom. The Labute approximate surface area is 139 Å². The van der Waals surface area contributed by atoms with Crippen LogP contribution in [0.15, 0.2) is 30.4 Å². The second-order valence-electron chi connectivity index (χ2n) is 6.95. The zero-order valence-electron chi connectivity index (χ0n) is 12.7. The van der Waals surface area contributed by atoms with E-state index in [0.717, 1.165) is 12.0 Å². The fraction of sp³-hybridized carbons (Fsp3) is 0.444. The number of halogens is 1. The minimum atomic E-state index is -0.864. The van der Waals surface area contributed by atoms with Gasteiger partial charge in [0.05, 0.1) is 11.8 Å². The number of benzene rings is 1. The second-order valence-corrected chi connectivity index (χ2v) is 7.35. The van der Waals surface area contributed by atoms with E-state index < -0.39 is 17.8 Å². The van der Waals surface area contributed by atoms with E-state index in [1.165, 1.54) is 0 Å². The van der Waals surface area contributed by atoms with Crippen molar-refractivity contribution in [3.8, 4) is 0 Å². The van der Waals surface area contributed by atoms with Crippen LogP contribution in [0.3, 0.4) is 0 Å². The molecule has 5 heteroatoms. The molecule has 2 N–H and O–H groups in total. The first-order valence-corrected chi connectivity index (χ1v) is 8.33. The molecule has 2 saturated carbocycles. The first kappa shape index (κ1) is 14.8. The van der Waals surface area contributed by atoms with Gasteiger partial charge in [0.2, 0.25) is 5.91 Å². The van der Waals surface area contributed by atoms with Gasteiger partial charge in [-0.15, -0.1) is 0 Å². The Morgan fingerprint density at radius 3 is 2.43 bits per heavy atom. The molecule has 4 aliphatic carbocycles. The second kappa shape index (κ2) is 5.10. The van der Waals surface area contributed by atoms with E-state index in [-0.39, 0.29) is 17.7 Å². The number of aryl methyl sites for hydroxylation is 1. The fourth-order valence-corrected chi connectivity index (χ4v) is 4.65. The number of nitrogens with one attached hydrogen (secondary N) is 1. The SMILES string of the molecule is Cc1ccc(NC(=O)[C@@H]2[C@H]3C=C[C@@H]([C@@H]4C[C@H]34)[C@@H]2C(=O)O)cc1Cl. The summed E-state index contributed by atoms with van der Waals surface area (Å²) in [6.07, 6.45) is 5.13. The van der Waals surface area contributed by atoms with Gasteiger partial charge in [-0.1, -0.05) is 29.8 Å². The van der Waals surface area contributed by atoms with Gasteiger partial charge in [0.15, 0.2) is 0 Å². The van der Waals surface area contributed by atoms with Crippen LogP contribution in [0.25, 0.3) is 0 Å². The van der Waals surface area contributed by atoms with E-state index in [9.17, 15) is 14.7 Å². The maximum absolute atomic E-state index is 12.8. The molecule has 0 heterocycles. The topological polar surface area (TPSA) is 66.4 Å². The first-order valence-electron chi connectivity index (χ1n) is 7.95. The van der Waals surface area contributed by atoms with Crippen molar-refractivity contribution in [2.75, 3.05) is 5.32 Å². The molecule has 1 amide bonds. The van der Waals surface area contributed by atoms with Crippen LogP contribution >= 0.6 is 11.6 Å². The molecule has 4 aliphatic rings. The number of amides is 1. The molecule has 0 saturated heterocycles. The van der Waals surface area contributed by atoms with E-state index >= 15 is 0 Å². The third-order valence-electron chi connectivity index (χ3n) is 5.68. The number of aliphatic carboxylic acids is 1. The van der Waals surface area contributed by atoms with Crippen molar-refractivity contribution in [3.63, 3.8) is 0 Å². The Hall–Kier alpha value is -1.81. The third kappa shape index (κ3) is 2.27. The van der Waals surface area contributed by atoms with Gasteiger partial charge < -0.3 is 10.4 Å². The van der Waals surface area contributed by atoms with Gasteiger partial charge in [-0.05, 0) is 54.7 Å². The van der Waals surface area contributed by atoms with Gasteiger partial charge in [0, 0.05) is 10.7 Å². The highest BCUT2D eigenvalue weighted by Crippen LogP contribution is 2.63. The summed E-state index contributed by atoms with van der Waals surface area (Å²) in [7, 11) is 0. The van der Waals surface area contributed by atoms with Crippen LogP contribution in [0.4, 0.5) is 5.69 Å². The highest BCUT2D eigenvalue weighted by atomic mass is 35.5. The normalized spacial score (nSPS) is 36.4. The van der Waals surface area contributed by atoms with E-state index in [2.05, 4.69) is 11.4 Å². The van der Waals surface area contributed by atoms with Gasteiger partial charge in [-0.2, -0.15) is 0 Å². The molecular weight excluding hydrogens is 314 g/mol. The first-order chi connectivity index (χ1) is 11.0. The maximum atomic E-state index is 12.8. The third-order valence-corrected chi connectivity index (χ3v) is 6.09. The Balaban J connectivity index is 1.60. The molecule has 23 heavy (non-hydrogen) atoms. The van der Waals surface area contributed by atoms with Gasteiger partial charge in [0.25, 0.3) is 0 Å². The molecule has 4 nitrogen and oxygen atoms in total. The number of carboxylic acid groups (broad SMARTS) is 1. The number of carbonyl (C=O) groups is 2. The monoisotopic (exact) mass is 331 g/mol. The summed E-state index contributed by atoms with van der Waals surface area (Å²) in [5.74, 6) is -1.19. The summed E-state index contributed by atoms with van der Waals surface area (Å²) in [5, 5.41) is 13.1. The summed E-state index contributed by atoms with van der Waals surface area (Å²) < 4.78 is 0. The summed E-state index contributed by atoms with van der Waals surface area (Å²) in [4.78, 5) is 24.5. The number of fused-ring (bicyclic) bond motifs is 1. The Kier molecular flexibility index (Phi) is 3.27. The number of hydrogen-bond acceptors (Lipinski definition) is 2. The lowest BCUT2D eigenvalue weighted by Crippen LogP contribution is -2.48. The van der Waals surface area contributed by atoms with Crippen LogP contribution in [0.1, 0.15) is 12.0 Å². The van der Waals surface area contributed by atoms with Crippen LogP contribution in [0, 0.1) is 42.4 Å². The van der Waals surface area contributed by atoms with E-state index in [1.807, 2.05) is 19.1 Å². The number of carboxylic acids is 1. The van der Waals surface area contributed by atoms with Crippen LogP contribution in [0.2, 0.25) is 5.02 Å². The molecule has 0 aromatic heterocycles. The van der Waals surface area contributed by atoms with Gasteiger partial charge in [-0.25, -0.2) is 0 Å². The molecular formula is C18H18ClNO3. The van der Waals surface area contributed by atoms with Crippen LogP contribution in [0.5, 0.6) is 0 Å². The average molecular weight is 332 g/mol. The van der Waals surface area contributed by atoms with Crippen molar-refractivity contribution in [1.82, 2.24) is 0 Å². The number of rotatable bonds is 3. The van der Waals surface area contributed by atoms with Crippen LogP contribution in [-0.4, -0.2) is 17.0 Å².